The van der Waals surface area contributed by atoms with E-state index in [4.69, 9.17) is 0 Å². The number of rotatable bonds is 3. The van der Waals surface area contributed by atoms with Crippen LogP contribution in [0.3, 0.4) is 0 Å². The van der Waals surface area contributed by atoms with Crippen LogP contribution in [-0.4, -0.2) is 29.2 Å². The normalized spacial score (nSPS) is 21.9. The molecule has 3 heteroatoms. The lowest BCUT2D eigenvalue weighted by Crippen LogP contribution is -2.44. The average Bonchev–Trinajstić information content (AvgIpc) is 2.62. The standard InChI is InChI=1S/C12H21NO2/c1-5-12(3,4)10(14)11(15)13-8-6-7-9(13)2/h9H,5-8H2,1-4H3. The minimum absolute atomic E-state index is 0.231. The van der Waals surface area contributed by atoms with Crippen LogP contribution in [0.5, 0.6) is 0 Å². The van der Waals surface area contributed by atoms with Crippen molar-refractivity contribution in [2.45, 2.75) is 53.0 Å². The lowest BCUT2D eigenvalue weighted by atomic mass is 9.84. The summed E-state index contributed by atoms with van der Waals surface area (Å²) in [6.07, 6.45) is 2.75. The molecule has 0 N–H and O–H groups in total. The predicted molar refractivity (Wildman–Crippen MR) is 59.5 cm³/mol. The molecule has 1 heterocycles. The molecule has 3 nitrogen and oxygen atoms in total. The fourth-order valence-electron chi connectivity index (χ4n) is 1.82. The average molecular weight is 211 g/mol. The molecule has 0 saturated carbocycles. The van der Waals surface area contributed by atoms with Crippen LogP contribution >= 0.6 is 0 Å². The van der Waals surface area contributed by atoms with Crippen molar-refractivity contribution in [1.29, 1.82) is 0 Å². The monoisotopic (exact) mass is 211 g/mol. The minimum atomic E-state index is -0.514. The first-order valence-electron chi connectivity index (χ1n) is 5.75. The Bertz CT molecular complexity index is 271. The van der Waals surface area contributed by atoms with Crippen LogP contribution in [0.1, 0.15) is 47.0 Å². The van der Waals surface area contributed by atoms with Gasteiger partial charge >= 0.3 is 0 Å². The van der Waals surface area contributed by atoms with E-state index in [2.05, 4.69) is 0 Å². The molecule has 1 unspecified atom stereocenters. The van der Waals surface area contributed by atoms with Crippen molar-refractivity contribution in [2.24, 2.45) is 5.41 Å². The number of hydrogen-bond donors (Lipinski definition) is 0. The minimum Gasteiger partial charge on any atom is -0.333 e. The second kappa shape index (κ2) is 4.33. The van der Waals surface area contributed by atoms with E-state index in [1.165, 1.54) is 0 Å². The molecule has 1 aliphatic rings. The zero-order valence-corrected chi connectivity index (χ0v) is 10.2. The third kappa shape index (κ3) is 2.39. The lowest BCUT2D eigenvalue weighted by Gasteiger charge is -2.26. The molecule has 0 bridgehead atoms. The van der Waals surface area contributed by atoms with Crippen LogP contribution in [-0.2, 0) is 9.59 Å². The molecule has 1 atom stereocenters. The first-order chi connectivity index (χ1) is 6.90. The molecule has 1 rings (SSSR count). The van der Waals surface area contributed by atoms with Gasteiger partial charge < -0.3 is 4.90 Å². The Balaban J connectivity index is 2.72. The SMILES string of the molecule is CCC(C)(C)C(=O)C(=O)N1CCCC1C. The maximum Gasteiger partial charge on any atom is 0.290 e. The molecule has 1 fully saturated rings. The molecule has 0 radical (unpaired) electrons. The number of nitrogens with zero attached hydrogens (tertiary/aromatic N) is 1. The summed E-state index contributed by atoms with van der Waals surface area (Å²) in [7, 11) is 0. The molecule has 86 valence electrons. The van der Waals surface area contributed by atoms with Gasteiger partial charge in [0, 0.05) is 18.0 Å². The summed E-state index contributed by atoms with van der Waals surface area (Å²) in [5.41, 5.74) is -0.514. The summed E-state index contributed by atoms with van der Waals surface area (Å²) >= 11 is 0. The number of hydrogen-bond acceptors (Lipinski definition) is 2. The third-order valence-electron chi connectivity index (χ3n) is 3.51. The van der Waals surface area contributed by atoms with Gasteiger partial charge in [0.1, 0.15) is 0 Å². The van der Waals surface area contributed by atoms with Crippen molar-refractivity contribution < 1.29 is 9.59 Å². The Hall–Kier alpha value is -0.860. The Kier molecular flexibility index (Phi) is 3.53. The van der Waals surface area contributed by atoms with E-state index in [1.807, 2.05) is 27.7 Å². The number of amides is 1. The Morgan fingerprint density at radius 1 is 1.40 bits per heavy atom. The second-order valence-electron chi connectivity index (χ2n) is 5.06. The maximum atomic E-state index is 11.9. The van der Waals surface area contributed by atoms with Crippen LogP contribution in [0.2, 0.25) is 0 Å². The highest BCUT2D eigenvalue weighted by atomic mass is 16.2. The van der Waals surface area contributed by atoms with Crippen molar-refractivity contribution >= 4 is 11.7 Å². The molecule has 0 spiro atoms. The smallest absolute Gasteiger partial charge is 0.290 e. The van der Waals surface area contributed by atoms with E-state index in [1.54, 1.807) is 4.90 Å². The third-order valence-corrected chi connectivity index (χ3v) is 3.51. The van der Waals surface area contributed by atoms with Crippen molar-refractivity contribution in [3.63, 3.8) is 0 Å². The summed E-state index contributed by atoms with van der Waals surface area (Å²) in [6.45, 7) is 8.38. The van der Waals surface area contributed by atoms with Crippen LogP contribution in [0.25, 0.3) is 0 Å². The molecule has 1 saturated heterocycles. The maximum absolute atomic E-state index is 11.9. The topological polar surface area (TPSA) is 37.4 Å². The van der Waals surface area contributed by atoms with Gasteiger partial charge in [-0.25, -0.2) is 0 Å². The molecule has 0 aliphatic carbocycles. The van der Waals surface area contributed by atoms with E-state index in [0.29, 0.717) is 6.42 Å². The van der Waals surface area contributed by atoms with Crippen LogP contribution in [0.15, 0.2) is 0 Å². The van der Waals surface area contributed by atoms with Crippen molar-refractivity contribution in [3.8, 4) is 0 Å². The number of carbonyl (C=O) groups excluding carboxylic acids is 2. The van der Waals surface area contributed by atoms with Gasteiger partial charge in [-0.2, -0.15) is 0 Å². The molecular weight excluding hydrogens is 190 g/mol. The van der Waals surface area contributed by atoms with Crippen molar-refractivity contribution in [1.82, 2.24) is 4.90 Å². The Labute approximate surface area is 91.8 Å². The molecule has 0 aromatic heterocycles. The summed E-state index contributed by atoms with van der Waals surface area (Å²) in [5.74, 6) is -0.523. The van der Waals surface area contributed by atoms with Gasteiger partial charge in [0.05, 0.1) is 0 Å². The summed E-state index contributed by atoms with van der Waals surface area (Å²) in [5, 5.41) is 0. The largest absolute Gasteiger partial charge is 0.333 e. The molecule has 1 amide bonds. The molecule has 0 aromatic rings. The summed E-state index contributed by atoms with van der Waals surface area (Å²) < 4.78 is 0. The first-order valence-corrected chi connectivity index (χ1v) is 5.75. The van der Waals surface area contributed by atoms with Crippen molar-refractivity contribution in [3.05, 3.63) is 0 Å². The fourth-order valence-corrected chi connectivity index (χ4v) is 1.82. The number of Topliss-reactive ketones (excluding diaryl/α,β-unsaturated/α-hetero) is 1. The van der Waals surface area contributed by atoms with Gasteiger partial charge in [0.2, 0.25) is 5.78 Å². The quantitative estimate of drug-likeness (QED) is 0.670. The first kappa shape index (κ1) is 12.2. The highest BCUT2D eigenvalue weighted by Gasteiger charge is 2.37. The van der Waals surface area contributed by atoms with Crippen molar-refractivity contribution in [2.75, 3.05) is 6.54 Å². The highest BCUT2D eigenvalue weighted by molar-refractivity contribution is 6.38. The van der Waals surface area contributed by atoms with Gasteiger partial charge in [-0.1, -0.05) is 20.8 Å². The lowest BCUT2D eigenvalue weighted by molar-refractivity contribution is -0.149. The number of ketones is 1. The predicted octanol–water partition coefficient (Wildman–Crippen LogP) is 2.00. The van der Waals surface area contributed by atoms with E-state index in [0.717, 1.165) is 19.4 Å². The van der Waals surface area contributed by atoms with Crippen LogP contribution in [0.4, 0.5) is 0 Å². The number of likely N-dealkylation sites (tertiary alicyclic amines) is 1. The highest BCUT2D eigenvalue weighted by Crippen LogP contribution is 2.25. The zero-order valence-electron chi connectivity index (χ0n) is 10.2. The van der Waals surface area contributed by atoms with Crippen LogP contribution < -0.4 is 0 Å². The summed E-state index contributed by atoms with van der Waals surface area (Å²) in [4.78, 5) is 25.6. The van der Waals surface area contributed by atoms with Gasteiger partial charge in [0.25, 0.3) is 5.91 Å². The van der Waals surface area contributed by atoms with E-state index >= 15 is 0 Å². The Morgan fingerprint density at radius 2 is 2.00 bits per heavy atom. The van der Waals surface area contributed by atoms with E-state index in [-0.39, 0.29) is 17.7 Å². The second-order valence-corrected chi connectivity index (χ2v) is 5.06. The molecule has 15 heavy (non-hydrogen) atoms. The molecular formula is C12H21NO2. The fraction of sp³-hybridized carbons (Fsp3) is 0.833. The number of carbonyl (C=O) groups is 2. The van der Waals surface area contributed by atoms with Gasteiger partial charge in [-0.3, -0.25) is 9.59 Å². The molecule has 0 aromatic carbocycles. The zero-order chi connectivity index (χ0) is 11.6. The Morgan fingerprint density at radius 3 is 2.40 bits per heavy atom. The van der Waals surface area contributed by atoms with E-state index in [9.17, 15) is 9.59 Å². The van der Waals surface area contributed by atoms with Gasteiger partial charge in [0.15, 0.2) is 0 Å². The van der Waals surface area contributed by atoms with E-state index < -0.39 is 5.41 Å². The molecule has 1 aliphatic heterocycles. The summed E-state index contributed by atoms with van der Waals surface area (Å²) in [6, 6.07) is 0.231. The van der Waals surface area contributed by atoms with Gasteiger partial charge in [-0.05, 0) is 26.2 Å². The van der Waals surface area contributed by atoms with Crippen LogP contribution in [0, 0.1) is 5.41 Å². The van der Waals surface area contributed by atoms with Gasteiger partial charge in [-0.15, -0.1) is 0 Å².